The van der Waals surface area contributed by atoms with Crippen LogP contribution in [-0.4, -0.2) is 23.0 Å². The SMILES string of the molecule is Cc1cccc(C(=O)NC2CCC(C(=O)O)CC2)c1I. The fourth-order valence-corrected chi connectivity index (χ4v) is 3.18. The Morgan fingerprint density at radius 2 is 1.90 bits per heavy atom. The summed E-state index contributed by atoms with van der Waals surface area (Å²) in [4.78, 5) is 23.2. The van der Waals surface area contributed by atoms with Crippen molar-refractivity contribution in [2.45, 2.75) is 38.6 Å². The summed E-state index contributed by atoms with van der Waals surface area (Å²) in [7, 11) is 0. The lowest BCUT2D eigenvalue weighted by Gasteiger charge is -2.27. The van der Waals surface area contributed by atoms with Gasteiger partial charge in [0.15, 0.2) is 0 Å². The molecule has 2 N–H and O–H groups in total. The molecule has 108 valence electrons. The lowest BCUT2D eigenvalue weighted by atomic mass is 9.86. The number of carboxylic acid groups (broad SMARTS) is 1. The monoisotopic (exact) mass is 387 g/mol. The number of hydrogen-bond acceptors (Lipinski definition) is 2. The molecular weight excluding hydrogens is 369 g/mol. The predicted molar refractivity (Wildman–Crippen MR) is 84.7 cm³/mol. The Bertz CT molecular complexity index is 522. The van der Waals surface area contributed by atoms with Gasteiger partial charge in [-0.25, -0.2) is 0 Å². The summed E-state index contributed by atoms with van der Waals surface area (Å²) in [5.74, 6) is -1.03. The van der Waals surface area contributed by atoms with Gasteiger partial charge in [0.25, 0.3) is 5.91 Å². The molecule has 0 atom stereocenters. The van der Waals surface area contributed by atoms with Gasteiger partial charge in [0, 0.05) is 9.61 Å². The highest BCUT2D eigenvalue weighted by atomic mass is 127. The third-order valence-corrected chi connectivity index (χ3v) is 5.28. The van der Waals surface area contributed by atoms with Crippen LogP contribution in [0.1, 0.15) is 41.6 Å². The Hall–Kier alpha value is -1.11. The maximum absolute atomic E-state index is 12.3. The van der Waals surface area contributed by atoms with Crippen LogP contribution in [0.3, 0.4) is 0 Å². The fraction of sp³-hybridized carbons (Fsp3) is 0.467. The van der Waals surface area contributed by atoms with E-state index in [-0.39, 0.29) is 17.9 Å². The first kappa shape index (κ1) is 15.3. The maximum atomic E-state index is 12.3. The molecule has 2 rings (SSSR count). The number of nitrogens with one attached hydrogen (secondary N) is 1. The van der Waals surface area contributed by atoms with Crippen LogP contribution in [0.2, 0.25) is 0 Å². The summed E-state index contributed by atoms with van der Waals surface area (Å²) in [5.41, 5.74) is 1.79. The van der Waals surface area contributed by atoms with Crippen LogP contribution in [0.5, 0.6) is 0 Å². The average molecular weight is 387 g/mol. The molecule has 0 radical (unpaired) electrons. The smallest absolute Gasteiger partial charge is 0.306 e. The van der Waals surface area contributed by atoms with Crippen molar-refractivity contribution >= 4 is 34.5 Å². The van der Waals surface area contributed by atoms with Gasteiger partial charge in [-0.2, -0.15) is 0 Å². The van der Waals surface area contributed by atoms with Crippen molar-refractivity contribution in [3.05, 3.63) is 32.9 Å². The van der Waals surface area contributed by atoms with Gasteiger partial charge in [-0.3, -0.25) is 9.59 Å². The molecule has 1 fully saturated rings. The number of aryl methyl sites for hydroxylation is 1. The van der Waals surface area contributed by atoms with Gasteiger partial charge in [0.05, 0.1) is 11.5 Å². The molecule has 1 aromatic rings. The van der Waals surface area contributed by atoms with E-state index in [1.54, 1.807) is 0 Å². The second-order valence-electron chi connectivity index (χ2n) is 5.30. The van der Waals surface area contributed by atoms with E-state index in [4.69, 9.17) is 5.11 Å². The van der Waals surface area contributed by atoms with E-state index < -0.39 is 5.97 Å². The third kappa shape index (κ3) is 3.50. The topological polar surface area (TPSA) is 66.4 Å². The lowest BCUT2D eigenvalue weighted by Crippen LogP contribution is -2.39. The normalized spacial score (nSPS) is 22.3. The van der Waals surface area contributed by atoms with E-state index in [1.165, 1.54) is 0 Å². The van der Waals surface area contributed by atoms with Crippen molar-refractivity contribution in [2.24, 2.45) is 5.92 Å². The van der Waals surface area contributed by atoms with E-state index in [0.717, 1.165) is 22.0 Å². The molecule has 1 aliphatic rings. The number of carboxylic acids is 1. The first-order valence-electron chi connectivity index (χ1n) is 6.78. The molecule has 0 aromatic heterocycles. The molecule has 0 bridgehead atoms. The van der Waals surface area contributed by atoms with Crippen molar-refractivity contribution in [2.75, 3.05) is 0 Å². The molecule has 1 amide bonds. The van der Waals surface area contributed by atoms with Crippen LogP contribution in [0, 0.1) is 16.4 Å². The van der Waals surface area contributed by atoms with Gasteiger partial charge < -0.3 is 10.4 Å². The van der Waals surface area contributed by atoms with Crippen molar-refractivity contribution < 1.29 is 14.7 Å². The molecule has 0 heterocycles. The number of benzene rings is 1. The van der Waals surface area contributed by atoms with Crippen LogP contribution in [-0.2, 0) is 4.79 Å². The molecule has 0 aliphatic heterocycles. The van der Waals surface area contributed by atoms with Gasteiger partial charge in [0.1, 0.15) is 0 Å². The third-order valence-electron chi connectivity index (χ3n) is 3.85. The van der Waals surface area contributed by atoms with Crippen molar-refractivity contribution in [1.29, 1.82) is 0 Å². The minimum Gasteiger partial charge on any atom is -0.481 e. The molecule has 0 saturated heterocycles. The first-order chi connectivity index (χ1) is 9.49. The van der Waals surface area contributed by atoms with Gasteiger partial charge in [-0.1, -0.05) is 12.1 Å². The summed E-state index contributed by atoms with van der Waals surface area (Å²) in [6, 6.07) is 5.78. The van der Waals surface area contributed by atoms with Crippen LogP contribution < -0.4 is 5.32 Å². The fourth-order valence-electron chi connectivity index (χ4n) is 2.57. The molecule has 1 saturated carbocycles. The van der Waals surface area contributed by atoms with Gasteiger partial charge in [0.2, 0.25) is 0 Å². The molecule has 0 unspecified atom stereocenters. The largest absolute Gasteiger partial charge is 0.481 e. The molecule has 20 heavy (non-hydrogen) atoms. The van der Waals surface area contributed by atoms with E-state index in [1.807, 2.05) is 25.1 Å². The summed E-state index contributed by atoms with van der Waals surface area (Å²) < 4.78 is 0.974. The standard InChI is InChI=1S/C15H18INO3/c1-9-3-2-4-12(13(9)16)14(18)17-11-7-5-10(6-8-11)15(19)20/h2-4,10-11H,5-8H2,1H3,(H,17,18)(H,19,20). The Balaban J connectivity index is 1.96. The molecule has 5 heteroatoms. The van der Waals surface area contributed by atoms with E-state index >= 15 is 0 Å². The van der Waals surface area contributed by atoms with Crippen molar-refractivity contribution in [3.8, 4) is 0 Å². The molecular formula is C15H18INO3. The number of halogens is 1. The number of carbonyl (C=O) groups is 2. The zero-order chi connectivity index (χ0) is 14.7. The van der Waals surface area contributed by atoms with E-state index in [0.29, 0.717) is 18.4 Å². The maximum Gasteiger partial charge on any atom is 0.306 e. The molecule has 0 spiro atoms. The Morgan fingerprint density at radius 3 is 2.50 bits per heavy atom. The number of amides is 1. The highest BCUT2D eigenvalue weighted by Crippen LogP contribution is 2.25. The van der Waals surface area contributed by atoms with E-state index in [2.05, 4.69) is 27.9 Å². The molecule has 4 nitrogen and oxygen atoms in total. The van der Waals surface area contributed by atoms with Crippen LogP contribution in [0.15, 0.2) is 18.2 Å². The number of rotatable bonds is 3. The zero-order valence-electron chi connectivity index (χ0n) is 11.4. The Kier molecular flexibility index (Phi) is 5.01. The van der Waals surface area contributed by atoms with Crippen LogP contribution in [0.4, 0.5) is 0 Å². The minimum absolute atomic E-state index is 0.0584. The summed E-state index contributed by atoms with van der Waals surface area (Å²) in [5, 5.41) is 12.0. The Morgan fingerprint density at radius 1 is 1.25 bits per heavy atom. The lowest BCUT2D eigenvalue weighted by molar-refractivity contribution is -0.142. The van der Waals surface area contributed by atoms with Gasteiger partial charge in [-0.15, -0.1) is 0 Å². The summed E-state index contributed by atoms with van der Waals surface area (Å²) in [6.45, 7) is 1.98. The second-order valence-corrected chi connectivity index (χ2v) is 6.38. The zero-order valence-corrected chi connectivity index (χ0v) is 13.5. The van der Waals surface area contributed by atoms with Crippen LogP contribution >= 0.6 is 22.6 Å². The summed E-state index contributed by atoms with van der Waals surface area (Å²) in [6.07, 6.45) is 2.77. The summed E-state index contributed by atoms with van der Waals surface area (Å²) >= 11 is 2.19. The number of carbonyl (C=O) groups excluding carboxylic acids is 1. The molecule has 1 aliphatic carbocycles. The van der Waals surface area contributed by atoms with Gasteiger partial charge in [-0.05, 0) is 66.8 Å². The van der Waals surface area contributed by atoms with Gasteiger partial charge >= 0.3 is 5.97 Å². The van der Waals surface area contributed by atoms with E-state index in [9.17, 15) is 9.59 Å². The highest BCUT2D eigenvalue weighted by molar-refractivity contribution is 14.1. The molecule has 1 aromatic carbocycles. The average Bonchev–Trinajstić information content (AvgIpc) is 2.42. The number of aliphatic carboxylic acids is 1. The van der Waals surface area contributed by atoms with Crippen molar-refractivity contribution in [3.63, 3.8) is 0 Å². The second kappa shape index (κ2) is 6.56. The van der Waals surface area contributed by atoms with Crippen LogP contribution in [0.25, 0.3) is 0 Å². The number of hydrogen-bond donors (Lipinski definition) is 2. The highest BCUT2D eigenvalue weighted by Gasteiger charge is 2.27. The quantitative estimate of drug-likeness (QED) is 0.784. The Labute approximate surface area is 132 Å². The minimum atomic E-state index is -0.719. The predicted octanol–water partition coefficient (Wildman–Crippen LogP) is 2.97. The first-order valence-corrected chi connectivity index (χ1v) is 7.85. The van der Waals surface area contributed by atoms with Crippen molar-refractivity contribution in [1.82, 2.24) is 5.32 Å².